The van der Waals surface area contributed by atoms with Crippen LogP contribution in [0.4, 0.5) is 0 Å². The molecule has 1 amide bonds. The van der Waals surface area contributed by atoms with E-state index in [-0.39, 0.29) is 29.1 Å². The van der Waals surface area contributed by atoms with Crippen molar-refractivity contribution in [1.29, 1.82) is 0 Å². The van der Waals surface area contributed by atoms with E-state index in [1.165, 1.54) is 24.6 Å². The van der Waals surface area contributed by atoms with Gasteiger partial charge in [0.1, 0.15) is 5.56 Å². The molecule has 1 aromatic carbocycles. The molecule has 33 heavy (non-hydrogen) atoms. The average molecular weight is 449 g/mol. The smallest absolute Gasteiger partial charge is 0.263 e. The van der Waals surface area contributed by atoms with E-state index in [0.29, 0.717) is 31.7 Å². The highest BCUT2D eigenvalue weighted by atomic mass is 16.5. The van der Waals surface area contributed by atoms with Gasteiger partial charge in [-0.25, -0.2) is 0 Å². The highest BCUT2D eigenvalue weighted by Crippen LogP contribution is 2.20. The number of hydrogen-bond acceptors (Lipinski definition) is 4. The Kier molecular flexibility index (Phi) is 6.33. The first-order valence-corrected chi connectivity index (χ1v) is 12.0. The molecule has 2 fully saturated rings. The molecular weight excluding hydrogens is 416 g/mol. The summed E-state index contributed by atoms with van der Waals surface area (Å²) < 4.78 is 7.37. The third kappa shape index (κ3) is 4.48. The highest BCUT2D eigenvalue weighted by molar-refractivity contribution is 5.95. The van der Waals surface area contributed by atoms with Gasteiger partial charge in [0.2, 0.25) is 0 Å². The van der Waals surface area contributed by atoms with Crippen LogP contribution in [0, 0.1) is 6.92 Å². The number of carbonyl (C=O) groups is 1. The molecule has 7 heteroatoms. The number of aromatic amines is 1. The number of aryl methyl sites for hydroxylation is 3. The molecule has 0 unspecified atom stereocenters. The van der Waals surface area contributed by atoms with Crippen molar-refractivity contribution in [3.05, 3.63) is 69.8 Å². The van der Waals surface area contributed by atoms with E-state index in [1.54, 1.807) is 10.8 Å². The van der Waals surface area contributed by atoms with Gasteiger partial charge >= 0.3 is 0 Å². The van der Waals surface area contributed by atoms with Gasteiger partial charge in [-0.1, -0.05) is 24.6 Å². The second-order valence-corrected chi connectivity index (χ2v) is 9.26. The van der Waals surface area contributed by atoms with Crippen LogP contribution in [0.25, 0.3) is 10.9 Å². The van der Waals surface area contributed by atoms with Crippen LogP contribution in [0.15, 0.2) is 47.5 Å². The van der Waals surface area contributed by atoms with Gasteiger partial charge in [-0.3, -0.25) is 14.5 Å². The second-order valence-electron chi connectivity index (χ2n) is 9.26. The number of fused-ring (bicyclic) bond motifs is 1. The van der Waals surface area contributed by atoms with Crippen LogP contribution >= 0.6 is 0 Å². The van der Waals surface area contributed by atoms with E-state index in [4.69, 9.17) is 4.74 Å². The fourth-order valence-corrected chi connectivity index (χ4v) is 5.23. The Hall–Kier alpha value is -2.90. The van der Waals surface area contributed by atoms with Crippen molar-refractivity contribution in [1.82, 2.24) is 19.8 Å². The van der Waals surface area contributed by atoms with Crippen molar-refractivity contribution < 1.29 is 9.53 Å². The lowest BCUT2D eigenvalue weighted by Crippen LogP contribution is -2.53. The Morgan fingerprint density at radius 3 is 2.82 bits per heavy atom. The molecule has 7 nitrogen and oxygen atoms in total. The van der Waals surface area contributed by atoms with Gasteiger partial charge in [-0.15, -0.1) is 0 Å². The summed E-state index contributed by atoms with van der Waals surface area (Å²) in [4.78, 5) is 32.2. The Balaban J connectivity index is 1.31. The first-order valence-electron chi connectivity index (χ1n) is 12.0. The van der Waals surface area contributed by atoms with Gasteiger partial charge in [0.15, 0.2) is 0 Å². The van der Waals surface area contributed by atoms with Crippen molar-refractivity contribution in [2.24, 2.45) is 0 Å². The lowest BCUT2D eigenvalue weighted by molar-refractivity contribution is 0.0897. The average Bonchev–Trinajstić information content (AvgIpc) is 3.46. The number of carbonyl (C=O) groups excluding carboxylic acids is 1. The van der Waals surface area contributed by atoms with E-state index < -0.39 is 0 Å². The Labute approximate surface area is 193 Å². The van der Waals surface area contributed by atoms with E-state index in [1.807, 2.05) is 37.4 Å². The van der Waals surface area contributed by atoms with Gasteiger partial charge in [0.05, 0.1) is 25.3 Å². The summed E-state index contributed by atoms with van der Waals surface area (Å²) in [5.74, 6) is -0.295. The molecule has 0 saturated carbocycles. The molecule has 2 aliphatic rings. The zero-order chi connectivity index (χ0) is 22.8. The summed E-state index contributed by atoms with van der Waals surface area (Å²) in [7, 11) is 0. The molecule has 2 aromatic heterocycles. The predicted molar refractivity (Wildman–Crippen MR) is 129 cm³/mol. The van der Waals surface area contributed by atoms with Crippen molar-refractivity contribution in [3.8, 4) is 0 Å². The van der Waals surface area contributed by atoms with Gasteiger partial charge in [0, 0.05) is 29.8 Å². The SMILES string of the molecule is Cc1ccn(CCc2c[nH]c3ccccc23)c(=O)c1C(=O)N[C@H]1COC[C@@H]1N1CCCCC1. The van der Waals surface area contributed by atoms with E-state index in [2.05, 4.69) is 21.3 Å². The number of piperidine rings is 1. The maximum Gasteiger partial charge on any atom is 0.263 e. The minimum Gasteiger partial charge on any atom is -0.378 e. The van der Waals surface area contributed by atoms with E-state index in [0.717, 1.165) is 24.2 Å². The third-order valence-electron chi connectivity index (χ3n) is 7.12. The summed E-state index contributed by atoms with van der Waals surface area (Å²) in [5.41, 5.74) is 2.96. The largest absolute Gasteiger partial charge is 0.378 e. The number of rotatable bonds is 6. The molecule has 2 N–H and O–H groups in total. The van der Waals surface area contributed by atoms with Crippen LogP contribution in [0.2, 0.25) is 0 Å². The molecule has 174 valence electrons. The van der Waals surface area contributed by atoms with Crippen molar-refractivity contribution in [2.45, 2.75) is 51.2 Å². The molecule has 2 saturated heterocycles. The summed E-state index contributed by atoms with van der Waals surface area (Å²) in [6, 6.07) is 10.1. The van der Waals surface area contributed by atoms with Crippen molar-refractivity contribution >= 4 is 16.8 Å². The first kappa shape index (κ1) is 21.9. The molecule has 5 rings (SSSR count). The number of pyridine rings is 1. The summed E-state index contributed by atoms with van der Waals surface area (Å²) in [5, 5.41) is 4.29. The monoisotopic (exact) mass is 448 g/mol. The molecule has 4 heterocycles. The number of likely N-dealkylation sites (tertiary alicyclic amines) is 1. The lowest BCUT2D eigenvalue weighted by Gasteiger charge is -2.34. The van der Waals surface area contributed by atoms with E-state index >= 15 is 0 Å². The number of nitrogens with zero attached hydrogens (tertiary/aromatic N) is 2. The predicted octanol–water partition coefficient (Wildman–Crippen LogP) is 2.86. The number of hydrogen-bond donors (Lipinski definition) is 2. The maximum absolute atomic E-state index is 13.3. The summed E-state index contributed by atoms with van der Waals surface area (Å²) in [6.45, 7) is 5.57. The molecule has 0 radical (unpaired) electrons. The lowest BCUT2D eigenvalue weighted by atomic mass is 10.0. The normalized spacial score (nSPS) is 21.5. The molecule has 3 aromatic rings. The third-order valence-corrected chi connectivity index (χ3v) is 7.12. The van der Waals surface area contributed by atoms with Gasteiger partial charge < -0.3 is 19.6 Å². The van der Waals surface area contributed by atoms with Crippen LogP contribution in [0.1, 0.15) is 40.7 Å². The van der Waals surface area contributed by atoms with Crippen LogP contribution < -0.4 is 10.9 Å². The molecule has 0 bridgehead atoms. The Bertz CT molecular complexity index is 1190. The Morgan fingerprint density at radius 1 is 1.15 bits per heavy atom. The molecular formula is C26H32N4O3. The summed E-state index contributed by atoms with van der Waals surface area (Å²) in [6.07, 6.45) is 8.15. The summed E-state index contributed by atoms with van der Waals surface area (Å²) >= 11 is 0. The quantitative estimate of drug-likeness (QED) is 0.608. The number of ether oxygens (including phenoxy) is 1. The zero-order valence-corrected chi connectivity index (χ0v) is 19.2. The molecule has 2 aliphatic heterocycles. The van der Waals surface area contributed by atoms with Crippen LogP contribution in [0.5, 0.6) is 0 Å². The van der Waals surface area contributed by atoms with Crippen molar-refractivity contribution in [2.75, 3.05) is 26.3 Å². The number of nitrogens with one attached hydrogen (secondary N) is 2. The first-order chi connectivity index (χ1) is 16.1. The highest BCUT2D eigenvalue weighted by Gasteiger charge is 2.35. The number of amides is 1. The van der Waals surface area contributed by atoms with E-state index in [9.17, 15) is 9.59 Å². The van der Waals surface area contributed by atoms with Gasteiger partial charge in [-0.2, -0.15) is 0 Å². The fourth-order valence-electron chi connectivity index (χ4n) is 5.23. The number of para-hydroxylation sites is 1. The number of aromatic nitrogens is 2. The van der Waals surface area contributed by atoms with Crippen LogP contribution in [-0.4, -0.2) is 58.7 Å². The standard InChI is InChI=1S/C26H32N4O3/c1-18-9-13-30(14-10-19-15-27-21-8-4-3-7-20(19)21)26(32)24(18)25(31)28-22-16-33-17-23(22)29-11-5-2-6-12-29/h3-4,7-9,13,15,22-23,27H,2,5-6,10-12,14,16-17H2,1H3,(H,28,31)/t22-,23-/m0/s1. The minimum atomic E-state index is -0.295. The second kappa shape index (κ2) is 9.53. The van der Waals surface area contributed by atoms with Crippen LogP contribution in [0.3, 0.4) is 0 Å². The van der Waals surface area contributed by atoms with Crippen molar-refractivity contribution in [3.63, 3.8) is 0 Å². The minimum absolute atomic E-state index is 0.0886. The van der Waals surface area contributed by atoms with Crippen LogP contribution in [-0.2, 0) is 17.7 Å². The number of H-pyrrole nitrogens is 1. The maximum atomic E-state index is 13.3. The van der Waals surface area contributed by atoms with Gasteiger partial charge in [-0.05, 0) is 62.5 Å². The topological polar surface area (TPSA) is 79.4 Å². The number of benzene rings is 1. The molecule has 2 atom stereocenters. The van der Waals surface area contributed by atoms with Gasteiger partial charge in [0.25, 0.3) is 11.5 Å². The zero-order valence-electron chi connectivity index (χ0n) is 19.2. The fraction of sp³-hybridized carbons (Fsp3) is 0.462. The molecule has 0 aliphatic carbocycles. The molecule has 0 spiro atoms. The Morgan fingerprint density at radius 2 is 1.97 bits per heavy atom.